The number of hydrogen-bond acceptors (Lipinski definition) is 2. The van der Waals surface area contributed by atoms with Crippen LogP contribution in [0.25, 0.3) is 0 Å². The maximum absolute atomic E-state index is 10.1. The van der Waals surface area contributed by atoms with Crippen LogP contribution >= 0.6 is 23.2 Å². The summed E-state index contributed by atoms with van der Waals surface area (Å²) in [5, 5.41) is 11.2. The predicted octanol–water partition coefficient (Wildman–Crippen LogP) is 3.13. The van der Waals surface area contributed by atoms with Crippen LogP contribution in [0.2, 0.25) is 10.0 Å². The second-order valence-electron chi connectivity index (χ2n) is 4.66. The van der Waals surface area contributed by atoms with E-state index in [1.807, 2.05) is 6.07 Å². The average molecular weight is 276 g/mol. The summed E-state index contributed by atoms with van der Waals surface area (Å²) in [6.45, 7) is 4.62. The molecular formula is C13H19Cl2NO. The first kappa shape index (κ1) is 14.8. The third kappa shape index (κ3) is 4.14. The second kappa shape index (κ2) is 6.60. The molecule has 0 aliphatic rings. The fraction of sp³-hybridized carbons (Fsp3) is 0.538. The van der Waals surface area contributed by atoms with Gasteiger partial charge in [0.1, 0.15) is 0 Å². The van der Waals surface area contributed by atoms with Gasteiger partial charge < -0.3 is 10.8 Å². The van der Waals surface area contributed by atoms with Crippen LogP contribution in [0.1, 0.15) is 19.4 Å². The third-order valence-electron chi connectivity index (χ3n) is 3.05. The van der Waals surface area contributed by atoms with E-state index in [9.17, 15) is 5.11 Å². The molecular weight excluding hydrogens is 257 g/mol. The lowest BCUT2D eigenvalue weighted by Crippen LogP contribution is -2.33. The number of hydrogen-bond donors (Lipinski definition) is 2. The van der Waals surface area contributed by atoms with Crippen LogP contribution in [0, 0.1) is 11.8 Å². The smallest absolute Gasteiger partial charge is 0.0623 e. The van der Waals surface area contributed by atoms with E-state index in [-0.39, 0.29) is 5.92 Å². The molecule has 0 bridgehead atoms. The van der Waals surface area contributed by atoms with Crippen molar-refractivity contribution in [3.05, 3.63) is 33.8 Å². The van der Waals surface area contributed by atoms with Crippen molar-refractivity contribution < 1.29 is 5.11 Å². The average Bonchev–Trinajstić information content (AvgIpc) is 2.24. The normalized spacial score (nSPS) is 15.0. The molecule has 2 nitrogen and oxygen atoms in total. The maximum Gasteiger partial charge on any atom is 0.0623 e. The fourth-order valence-electron chi connectivity index (χ4n) is 1.93. The topological polar surface area (TPSA) is 46.2 Å². The molecule has 0 spiro atoms. The fourth-order valence-corrected chi connectivity index (χ4v) is 2.25. The van der Waals surface area contributed by atoms with Crippen molar-refractivity contribution in [2.75, 3.05) is 6.54 Å². The second-order valence-corrected chi connectivity index (χ2v) is 5.48. The van der Waals surface area contributed by atoms with E-state index in [1.54, 1.807) is 12.1 Å². The van der Waals surface area contributed by atoms with Gasteiger partial charge in [-0.3, -0.25) is 0 Å². The van der Waals surface area contributed by atoms with Gasteiger partial charge in [-0.05, 0) is 42.5 Å². The Hall–Kier alpha value is -0.280. The van der Waals surface area contributed by atoms with Crippen molar-refractivity contribution in [2.45, 2.75) is 26.4 Å². The summed E-state index contributed by atoms with van der Waals surface area (Å²) in [5.41, 5.74) is 6.65. The summed E-state index contributed by atoms with van der Waals surface area (Å²) in [5.74, 6) is 0.460. The highest BCUT2D eigenvalue weighted by Gasteiger charge is 2.21. The molecule has 0 fully saturated rings. The number of aliphatic hydroxyl groups is 1. The van der Waals surface area contributed by atoms with Crippen molar-refractivity contribution in [3.63, 3.8) is 0 Å². The molecule has 17 heavy (non-hydrogen) atoms. The first-order chi connectivity index (χ1) is 7.95. The zero-order chi connectivity index (χ0) is 13.0. The molecule has 2 atom stereocenters. The summed E-state index contributed by atoms with van der Waals surface area (Å²) in [7, 11) is 0. The summed E-state index contributed by atoms with van der Waals surface area (Å²) < 4.78 is 0. The van der Waals surface area contributed by atoms with Crippen molar-refractivity contribution in [1.29, 1.82) is 0 Å². The highest BCUT2D eigenvalue weighted by atomic mass is 35.5. The highest BCUT2D eigenvalue weighted by Crippen LogP contribution is 2.24. The van der Waals surface area contributed by atoms with Gasteiger partial charge >= 0.3 is 0 Å². The van der Waals surface area contributed by atoms with Crippen LogP contribution < -0.4 is 5.73 Å². The lowest BCUT2D eigenvalue weighted by Gasteiger charge is -2.25. The Morgan fingerprint density at radius 2 is 1.88 bits per heavy atom. The lowest BCUT2D eigenvalue weighted by molar-refractivity contribution is 0.0863. The molecule has 0 aliphatic heterocycles. The molecule has 96 valence electrons. The van der Waals surface area contributed by atoms with Gasteiger partial charge in [-0.1, -0.05) is 43.1 Å². The highest BCUT2D eigenvalue weighted by molar-refractivity contribution is 6.42. The lowest BCUT2D eigenvalue weighted by atomic mass is 9.87. The largest absolute Gasteiger partial charge is 0.392 e. The van der Waals surface area contributed by atoms with E-state index in [2.05, 4.69) is 13.8 Å². The monoisotopic (exact) mass is 275 g/mol. The molecule has 0 aromatic heterocycles. The van der Waals surface area contributed by atoms with E-state index < -0.39 is 6.10 Å². The van der Waals surface area contributed by atoms with Gasteiger partial charge in [0.15, 0.2) is 0 Å². The van der Waals surface area contributed by atoms with Gasteiger partial charge in [-0.2, -0.15) is 0 Å². The van der Waals surface area contributed by atoms with Gasteiger partial charge in [0, 0.05) is 0 Å². The van der Waals surface area contributed by atoms with Crippen LogP contribution in [-0.4, -0.2) is 17.8 Å². The van der Waals surface area contributed by atoms with E-state index in [1.165, 1.54) is 0 Å². The van der Waals surface area contributed by atoms with Gasteiger partial charge in [-0.25, -0.2) is 0 Å². The SMILES string of the molecule is CC(C)C(CN)C(O)Cc1ccc(Cl)c(Cl)c1. The Morgan fingerprint density at radius 1 is 1.24 bits per heavy atom. The molecule has 1 aromatic carbocycles. The Morgan fingerprint density at radius 3 is 2.35 bits per heavy atom. The summed E-state index contributed by atoms with van der Waals surface area (Å²) >= 11 is 11.8. The number of halogens is 2. The minimum Gasteiger partial charge on any atom is -0.392 e. The number of rotatable bonds is 5. The van der Waals surface area contributed by atoms with Gasteiger partial charge in [0.05, 0.1) is 16.1 Å². The van der Waals surface area contributed by atoms with E-state index in [0.717, 1.165) is 5.56 Å². The first-order valence-corrected chi connectivity index (χ1v) is 6.53. The van der Waals surface area contributed by atoms with Crippen LogP contribution in [-0.2, 0) is 6.42 Å². The summed E-state index contributed by atoms with van der Waals surface area (Å²) in [4.78, 5) is 0. The maximum atomic E-state index is 10.1. The molecule has 1 rings (SSSR count). The summed E-state index contributed by atoms with van der Waals surface area (Å²) in [6.07, 6.45) is 0.106. The quantitative estimate of drug-likeness (QED) is 0.868. The minimum atomic E-state index is -0.447. The zero-order valence-corrected chi connectivity index (χ0v) is 11.7. The molecule has 0 saturated carbocycles. The molecule has 0 aliphatic carbocycles. The van der Waals surface area contributed by atoms with E-state index >= 15 is 0 Å². The molecule has 3 N–H and O–H groups in total. The zero-order valence-electron chi connectivity index (χ0n) is 10.2. The third-order valence-corrected chi connectivity index (χ3v) is 3.79. The molecule has 0 radical (unpaired) electrons. The van der Waals surface area contributed by atoms with Crippen molar-refractivity contribution in [2.24, 2.45) is 17.6 Å². The first-order valence-electron chi connectivity index (χ1n) is 5.77. The van der Waals surface area contributed by atoms with Crippen LogP contribution in [0.5, 0.6) is 0 Å². The van der Waals surface area contributed by atoms with Gasteiger partial charge in [-0.15, -0.1) is 0 Å². The number of aliphatic hydroxyl groups excluding tert-OH is 1. The molecule has 2 unspecified atom stereocenters. The van der Waals surface area contributed by atoms with Crippen molar-refractivity contribution >= 4 is 23.2 Å². The van der Waals surface area contributed by atoms with Crippen molar-refractivity contribution in [3.8, 4) is 0 Å². The van der Waals surface area contributed by atoms with Crippen LogP contribution in [0.15, 0.2) is 18.2 Å². The molecule has 0 amide bonds. The standard InChI is InChI=1S/C13H19Cl2NO/c1-8(2)10(7-16)13(17)6-9-3-4-11(14)12(15)5-9/h3-5,8,10,13,17H,6-7,16H2,1-2H3. The predicted molar refractivity (Wildman–Crippen MR) is 73.6 cm³/mol. The number of nitrogens with two attached hydrogens (primary N) is 1. The molecule has 1 aromatic rings. The Bertz CT molecular complexity index is 368. The Labute approximate surface area is 113 Å². The molecule has 0 saturated heterocycles. The van der Waals surface area contributed by atoms with Gasteiger partial charge in [0.25, 0.3) is 0 Å². The van der Waals surface area contributed by atoms with Crippen LogP contribution in [0.4, 0.5) is 0 Å². The van der Waals surface area contributed by atoms with Crippen molar-refractivity contribution in [1.82, 2.24) is 0 Å². The van der Waals surface area contributed by atoms with Gasteiger partial charge in [0.2, 0.25) is 0 Å². The van der Waals surface area contributed by atoms with Crippen LogP contribution in [0.3, 0.4) is 0 Å². The Kier molecular flexibility index (Phi) is 5.74. The molecule has 0 heterocycles. The van der Waals surface area contributed by atoms with E-state index in [4.69, 9.17) is 28.9 Å². The number of benzene rings is 1. The molecule has 4 heteroatoms. The summed E-state index contributed by atoms with van der Waals surface area (Å²) in [6, 6.07) is 5.42. The van der Waals surface area contributed by atoms with E-state index in [0.29, 0.717) is 28.9 Å². The minimum absolute atomic E-state index is 0.101. The Balaban J connectivity index is 2.73.